The Kier molecular flexibility index (Phi) is 5.74. The van der Waals surface area contributed by atoms with Crippen LogP contribution in [0.1, 0.15) is 16.7 Å². The zero-order valence-electron chi connectivity index (χ0n) is 13.5. The predicted octanol–water partition coefficient (Wildman–Crippen LogP) is 3.77. The Labute approximate surface area is 163 Å². The summed E-state index contributed by atoms with van der Waals surface area (Å²) in [7, 11) is 0. The molecule has 25 heavy (non-hydrogen) atoms. The van der Waals surface area contributed by atoms with Crippen molar-refractivity contribution >= 4 is 57.2 Å². The van der Waals surface area contributed by atoms with Gasteiger partial charge in [0.25, 0.3) is 0 Å². The molecule has 0 saturated carbocycles. The molecule has 0 fully saturated rings. The van der Waals surface area contributed by atoms with Crippen LogP contribution in [0.3, 0.4) is 0 Å². The maximum absolute atomic E-state index is 11.9. The fourth-order valence-corrected chi connectivity index (χ4v) is 3.99. The van der Waals surface area contributed by atoms with E-state index in [0.29, 0.717) is 5.56 Å². The quantitative estimate of drug-likeness (QED) is 0.410. The molecule has 0 unspecified atom stereocenters. The van der Waals surface area contributed by atoms with Crippen molar-refractivity contribution in [2.45, 2.75) is 13.3 Å². The number of nitrogens with zero attached hydrogens (tertiary/aromatic N) is 2. The minimum Gasteiger partial charge on any atom is -0.507 e. The first-order valence-electron chi connectivity index (χ1n) is 7.62. The Balaban J connectivity index is 1.51. The molecule has 0 spiro atoms. The number of aliphatic imine (C=N–C) groups is 1. The lowest BCUT2D eigenvalue weighted by Gasteiger charge is -2.04. The van der Waals surface area contributed by atoms with Crippen LogP contribution >= 0.6 is 34.4 Å². The topological polar surface area (TPSA) is 74.0 Å². The van der Waals surface area contributed by atoms with E-state index >= 15 is 0 Å². The monoisotopic (exact) mass is 465 g/mol. The molecule has 128 valence electrons. The molecule has 2 N–H and O–H groups in total. The Morgan fingerprint density at radius 1 is 1.44 bits per heavy atom. The number of hydrogen-bond donors (Lipinski definition) is 2. The van der Waals surface area contributed by atoms with Gasteiger partial charge >= 0.3 is 0 Å². The van der Waals surface area contributed by atoms with Gasteiger partial charge in [-0.2, -0.15) is 5.10 Å². The zero-order chi connectivity index (χ0) is 17.8. The van der Waals surface area contributed by atoms with Gasteiger partial charge < -0.3 is 5.11 Å². The Bertz CT molecular complexity index is 881. The minimum absolute atomic E-state index is 0.172. The summed E-state index contributed by atoms with van der Waals surface area (Å²) in [6.07, 6.45) is 2.23. The molecular weight excluding hydrogens is 449 g/mol. The average molecular weight is 465 g/mol. The number of fused-ring (bicyclic) bond motifs is 1. The highest BCUT2D eigenvalue weighted by Gasteiger charge is 2.15. The van der Waals surface area contributed by atoms with Gasteiger partial charge in [0.1, 0.15) is 5.75 Å². The van der Waals surface area contributed by atoms with Gasteiger partial charge in [0.2, 0.25) is 5.91 Å². The highest BCUT2D eigenvalue weighted by atomic mass is 127. The van der Waals surface area contributed by atoms with Gasteiger partial charge in [-0.3, -0.25) is 4.79 Å². The summed E-state index contributed by atoms with van der Waals surface area (Å²) in [6, 6.07) is 11.7. The van der Waals surface area contributed by atoms with Crippen LogP contribution in [0.2, 0.25) is 0 Å². The van der Waals surface area contributed by atoms with Crippen molar-refractivity contribution in [2.75, 3.05) is 5.75 Å². The third-order valence-electron chi connectivity index (χ3n) is 3.64. The van der Waals surface area contributed by atoms with Crippen molar-refractivity contribution in [1.82, 2.24) is 5.43 Å². The van der Waals surface area contributed by atoms with Gasteiger partial charge in [0.05, 0.1) is 22.7 Å². The number of rotatable bonds is 4. The number of hydrogen-bond acceptors (Lipinski definition) is 5. The van der Waals surface area contributed by atoms with Crippen molar-refractivity contribution in [3.8, 4) is 5.75 Å². The van der Waals surface area contributed by atoms with E-state index in [0.717, 1.165) is 26.3 Å². The molecule has 0 saturated heterocycles. The van der Waals surface area contributed by atoms with E-state index in [4.69, 9.17) is 0 Å². The van der Waals surface area contributed by atoms with Crippen LogP contribution in [0.25, 0.3) is 0 Å². The van der Waals surface area contributed by atoms with E-state index in [1.54, 1.807) is 6.07 Å². The van der Waals surface area contributed by atoms with Gasteiger partial charge in [0, 0.05) is 15.6 Å². The molecule has 1 amide bonds. The summed E-state index contributed by atoms with van der Waals surface area (Å²) in [5, 5.41) is 14.9. The predicted molar refractivity (Wildman–Crippen MR) is 111 cm³/mol. The summed E-state index contributed by atoms with van der Waals surface area (Å²) >= 11 is 3.59. The van der Waals surface area contributed by atoms with E-state index in [-0.39, 0.29) is 17.4 Å². The van der Waals surface area contributed by atoms with Gasteiger partial charge in [-0.1, -0.05) is 18.2 Å². The van der Waals surface area contributed by atoms with E-state index in [2.05, 4.69) is 38.1 Å². The van der Waals surface area contributed by atoms with E-state index in [9.17, 15) is 9.90 Å². The first-order valence-corrected chi connectivity index (χ1v) is 9.68. The smallest absolute Gasteiger partial charge is 0.250 e. The van der Waals surface area contributed by atoms with Crippen molar-refractivity contribution in [2.24, 2.45) is 10.1 Å². The molecule has 1 aliphatic heterocycles. The number of phenolic OH excluding ortho intramolecular Hbond substituents is 1. The molecule has 0 bridgehead atoms. The summed E-state index contributed by atoms with van der Waals surface area (Å²) in [5.74, 6) is 0.217. The van der Waals surface area contributed by atoms with Crippen LogP contribution in [-0.4, -0.2) is 28.0 Å². The Hall–Kier alpha value is -1.87. The number of benzene rings is 2. The number of nitrogens with one attached hydrogen (secondary N) is 1. The molecule has 0 radical (unpaired) electrons. The van der Waals surface area contributed by atoms with Crippen molar-refractivity contribution < 1.29 is 9.90 Å². The molecule has 0 atom stereocenters. The minimum atomic E-state index is -0.207. The highest BCUT2D eigenvalue weighted by Crippen LogP contribution is 2.29. The summed E-state index contributed by atoms with van der Waals surface area (Å²) < 4.78 is 0.995. The van der Waals surface area contributed by atoms with Crippen LogP contribution < -0.4 is 5.43 Å². The lowest BCUT2D eigenvalue weighted by Crippen LogP contribution is -2.20. The first-order chi connectivity index (χ1) is 12.0. The number of aromatic hydroxyl groups is 1. The lowest BCUT2D eigenvalue weighted by molar-refractivity contribution is -0.118. The van der Waals surface area contributed by atoms with Crippen molar-refractivity contribution in [3.63, 3.8) is 0 Å². The number of hydrazone groups is 1. The fourth-order valence-electron chi connectivity index (χ4n) is 2.40. The number of aryl methyl sites for hydroxylation is 1. The van der Waals surface area contributed by atoms with Crippen LogP contribution in [-0.2, 0) is 11.2 Å². The number of phenols is 1. The molecule has 3 rings (SSSR count). The second-order valence-corrected chi connectivity index (χ2v) is 7.85. The first kappa shape index (κ1) is 17.9. The number of amides is 1. The van der Waals surface area contributed by atoms with Gasteiger partial charge in [-0.05, 0) is 58.8 Å². The molecule has 1 aliphatic rings. The number of thioether (sulfide) groups is 1. The Morgan fingerprint density at radius 3 is 3.04 bits per heavy atom. The molecule has 2 aromatic carbocycles. The largest absolute Gasteiger partial charge is 0.507 e. The fraction of sp³-hybridized carbons (Fsp3) is 0.167. The third kappa shape index (κ3) is 4.60. The third-order valence-corrected chi connectivity index (χ3v) is 5.23. The average Bonchev–Trinajstić information content (AvgIpc) is 3.00. The second kappa shape index (κ2) is 8.01. The molecule has 5 nitrogen and oxygen atoms in total. The summed E-state index contributed by atoms with van der Waals surface area (Å²) in [6.45, 7) is 1.82. The van der Waals surface area contributed by atoms with E-state index in [1.165, 1.54) is 23.5 Å². The zero-order valence-corrected chi connectivity index (χ0v) is 16.5. The highest BCUT2D eigenvalue weighted by molar-refractivity contribution is 14.1. The molecule has 0 aliphatic carbocycles. The van der Waals surface area contributed by atoms with Gasteiger partial charge in [-0.15, -0.1) is 11.8 Å². The lowest BCUT2D eigenvalue weighted by atomic mass is 10.1. The number of carbonyl (C=O) groups is 1. The molecule has 1 heterocycles. The summed E-state index contributed by atoms with van der Waals surface area (Å²) in [5.41, 5.74) is 6.00. The molecule has 7 heteroatoms. The number of halogens is 1. The molecular formula is C18H16IN3O2S. The number of carbonyl (C=O) groups excluding carboxylic acids is 1. The number of para-hydroxylation sites is 1. The van der Waals surface area contributed by atoms with Crippen LogP contribution in [0.4, 0.5) is 5.69 Å². The SMILES string of the molecule is Cc1cc(I)cc(/C=N/NC(=O)CSC2=Nc3ccccc3C2)c1O. The second-order valence-electron chi connectivity index (χ2n) is 5.55. The summed E-state index contributed by atoms with van der Waals surface area (Å²) in [4.78, 5) is 16.4. The van der Waals surface area contributed by atoms with E-state index < -0.39 is 0 Å². The van der Waals surface area contributed by atoms with Crippen LogP contribution in [0.5, 0.6) is 5.75 Å². The van der Waals surface area contributed by atoms with Crippen molar-refractivity contribution in [3.05, 3.63) is 56.7 Å². The van der Waals surface area contributed by atoms with E-state index in [1.807, 2.05) is 37.3 Å². The maximum atomic E-state index is 11.9. The standard InChI is InChI=1S/C18H16IN3O2S/c1-11-6-14(19)7-13(18(11)24)9-20-22-16(23)10-25-17-8-12-4-2-3-5-15(12)21-17/h2-7,9,24H,8,10H2,1H3,(H,22,23)/b20-9+. The van der Waals surface area contributed by atoms with Gasteiger partial charge in [0.15, 0.2) is 0 Å². The molecule has 0 aromatic heterocycles. The Morgan fingerprint density at radius 2 is 2.24 bits per heavy atom. The van der Waals surface area contributed by atoms with Crippen LogP contribution in [0, 0.1) is 10.5 Å². The molecule has 2 aromatic rings. The normalized spacial score (nSPS) is 13.0. The van der Waals surface area contributed by atoms with Gasteiger partial charge in [-0.25, -0.2) is 10.4 Å². The van der Waals surface area contributed by atoms with Crippen molar-refractivity contribution in [1.29, 1.82) is 0 Å². The van der Waals surface area contributed by atoms with Crippen LogP contribution in [0.15, 0.2) is 46.5 Å². The maximum Gasteiger partial charge on any atom is 0.250 e.